The highest BCUT2D eigenvalue weighted by molar-refractivity contribution is 5.77. The van der Waals surface area contributed by atoms with Crippen molar-refractivity contribution in [3.63, 3.8) is 0 Å². The Bertz CT molecular complexity index is 1470. The molecule has 0 aliphatic rings. The number of aryl methyl sites for hydroxylation is 5. The van der Waals surface area contributed by atoms with Crippen LogP contribution < -0.4 is 4.57 Å². The fourth-order valence-electron chi connectivity index (χ4n) is 3.90. The Hall–Kier alpha value is -3.13. The summed E-state index contributed by atoms with van der Waals surface area (Å²) in [6.45, 7) is -3.87. The number of rotatable bonds is 3. The van der Waals surface area contributed by atoms with Crippen LogP contribution in [0.15, 0.2) is 67.0 Å². The van der Waals surface area contributed by atoms with Crippen molar-refractivity contribution in [3.05, 3.63) is 94.8 Å². The monoisotopic (exact) mass is 390 g/mol. The van der Waals surface area contributed by atoms with Crippen LogP contribution in [0.2, 0.25) is 0 Å². The van der Waals surface area contributed by atoms with Gasteiger partial charge in [-0.3, -0.25) is 0 Å². The minimum atomic E-state index is -2.56. The third-order valence-electron chi connectivity index (χ3n) is 5.29. The van der Waals surface area contributed by atoms with Crippen molar-refractivity contribution in [2.75, 3.05) is 0 Å². The predicted molar refractivity (Wildman–Crippen MR) is 122 cm³/mol. The van der Waals surface area contributed by atoms with Gasteiger partial charge in [0.25, 0.3) is 5.82 Å². The van der Waals surface area contributed by atoms with E-state index in [9.17, 15) is 0 Å². The van der Waals surface area contributed by atoms with Gasteiger partial charge >= 0.3 is 0 Å². The summed E-state index contributed by atoms with van der Waals surface area (Å²) >= 11 is 0. The zero-order chi connectivity index (χ0) is 28.2. The topological polar surface area (TPSA) is 8.81 Å². The smallest absolute Gasteiger partial charge is 0.232 e. The molecule has 0 aliphatic heterocycles. The normalized spacial score (nSPS) is 17.0. The number of benzene rings is 3. The largest absolute Gasteiger partial charge is 0.294 e. The van der Waals surface area contributed by atoms with E-state index in [0.29, 0.717) is 22.5 Å². The van der Waals surface area contributed by atoms with Crippen molar-refractivity contribution in [2.24, 2.45) is 7.05 Å². The lowest BCUT2D eigenvalue weighted by atomic mass is 9.93. The van der Waals surface area contributed by atoms with Crippen LogP contribution >= 0.6 is 0 Å². The van der Waals surface area contributed by atoms with Crippen LogP contribution in [0, 0.1) is 34.4 Å². The van der Waals surface area contributed by atoms with E-state index in [2.05, 4.69) is 0 Å². The van der Waals surface area contributed by atoms with Crippen LogP contribution in [0.25, 0.3) is 28.2 Å². The molecule has 1 aromatic heterocycles. The minimum Gasteiger partial charge on any atom is -0.232 e. The number of hydrogen-bond acceptors (Lipinski definition) is 0. The van der Waals surface area contributed by atoms with Crippen LogP contribution in [0.4, 0.5) is 0 Å². The molecule has 2 heteroatoms. The number of imidazole rings is 1. The summed E-state index contributed by atoms with van der Waals surface area (Å²) in [5.41, 5.74) is 3.55. The van der Waals surface area contributed by atoms with E-state index < -0.39 is 20.6 Å². The Morgan fingerprint density at radius 1 is 0.793 bits per heavy atom. The Kier molecular flexibility index (Phi) is 2.83. The molecule has 0 amide bonds. The van der Waals surface area contributed by atoms with Gasteiger partial charge < -0.3 is 0 Å². The maximum atomic E-state index is 8.19. The van der Waals surface area contributed by atoms with E-state index in [1.165, 1.54) is 12.1 Å². The lowest BCUT2D eigenvalue weighted by molar-refractivity contribution is -0.659. The molecule has 0 saturated heterocycles. The molecule has 4 rings (SSSR count). The summed E-state index contributed by atoms with van der Waals surface area (Å²) in [5, 5.41) is 0. The highest BCUT2D eigenvalue weighted by Gasteiger charge is 2.24. The van der Waals surface area contributed by atoms with Crippen LogP contribution in [0.3, 0.4) is 0 Å². The molecule has 0 saturated carbocycles. The van der Waals surface area contributed by atoms with Crippen molar-refractivity contribution >= 4 is 0 Å². The van der Waals surface area contributed by atoms with Crippen LogP contribution in [0.1, 0.15) is 40.2 Å². The molecule has 3 aromatic carbocycles. The first-order chi connectivity index (χ1) is 17.5. The maximum absolute atomic E-state index is 8.19. The number of hydrogen-bond donors (Lipinski definition) is 0. The molecule has 4 aromatic rings. The van der Waals surface area contributed by atoms with Crippen LogP contribution in [0.5, 0.6) is 0 Å². The molecule has 146 valence electrons. The summed E-state index contributed by atoms with van der Waals surface area (Å²) in [4.78, 5) is 0. The van der Waals surface area contributed by atoms with Crippen molar-refractivity contribution in [2.45, 2.75) is 34.4 Å². The maximum Gasteiger partial charge on any atom is 0.294 e. The lowest BCUT2D eigenvalue weighted by Gasteiger charge is -2.14. The summed E-state index contributed by atoms with van der Waals surface area (Å²) in [7, 11) is 1.80. The molecule has 0 unspecified atom stereocenters. The molecule has 0 radical (unpaired) electrons. The highest BCUT2D eigenvalue weighted by atomic mass is 15.1. The number of aromatic nitrogens is 2. The standard InChI is InChI=1S/C27H29N2/c1-18-16-20(3)26(21(4)17-18)29-15-14-28(6)27(29)25-13-9-12-24(22(25)5)23-11-8-7-10-19(23)2/h7-17H,1-6H3/q+1/i2D3,3D3,4D3. The average Bonchev–Trinajstić information content (AvgIpc) is 3.18. The third kappa shape index (κ3) is 3.29. The zero-order valence-corrected chi connectivity index (χ0v) is 16.7. The predicted octanol–water partition coefficient (Wildman–Crippen LogP) is 6.18. The average molecular weight is 391 g/mol. The number of nitrogens with zero attached hydrogens (tertiary/aromatic N) is 2. The van der Waals surface area contributed by atoms with Crippen LogP contribution in [-0.2, 0) is 7.05 Å². The van der Waals surface area contributed by atoms with Crippen molar-refractivity contribution < 1.29 is 16.9 Å². The quantitative estimate of drug-likeness (QED) is 0.369. The first-order valence-electron chi connectivity index (χ1n) is 13.9. The van der Waals surface area contributed by atoms with Gasteiger partial charge in [0, 0.05) is 12.3 Å². The second-order valence-corrected chi connectivity index (χ2v) is 7.34. The van der Waals surface area contributed by atoms with Gasteiger partial charge in [0.05, 0.1) is 12.6 Å². The molecule has 0 fully saturated rings. The van der Waals surface area contributed by atoms with Gasteiger partial charge in [-0.05, 0) is 73.9 Å². The molecule has 0 bridgehead atoms. The Morgan fingerprint density at radius 2 is 1.45 bits per heavy atom. The SMILES string of the molecule is [2H]C([2H])([2H])c1ccccc1-c1cccc(-c2n(-c3c(C([2H])([2H])[2H])cc(C)cc3C([2H])([2H])[2H])cc[n+]2C)c1C. The van der Waals surface area contributed by atoms with Gasteiger partial charge in [-0.25, -0.2) is 4.57 Å². The van der Waals surface area contributed by atoms with E-state index in [1.54, 1.807) is 59.8 Å². The van der Waals surface area contributed by atoms with Crippen molar-refractivity contribution in [3.8, 4) is 28.2 Å². The summed E-state index contributed by atoms with van der Waals surface area (Å²) in [6, 6.07) is 15.4. The van der Waals surface area contributed by atoms with E-state index in [1.807, 2.05) is 25.1 Å². The second kappa shape index (κ2) is 7.36. The second-order valence-electron chi connectivity index (χ2n) is 7.34. The fraction of sp³-hybridized carbons (Fsp3) is 0.222. The summed E-state index contributed by atoms with van der Waals surface area (Å²) < 4.78 is 76.6. The molecule has 0 aliphatic carbocycles. The Morgan fingerprint density at radius 3 is 2.17 bits per heavy atom. The van der Waals surface area contributed by atoms with E-state index >= 15 is 0 Å². The third-order valence-corrected chi connectivity index (χ3v) is 5.29. The molecular weight excluding hydrogens is 352 g/mol. The summed E-state index contributed by atoms with van der Waals surface area (Å²) in [5.74, 6) is 0.565. The molecule has 0 atom stereocenters. The van der Waals surface area contributed by atoms with E-state index in [0.717, 1.165) is 11.1 Å². The van der Waals surface area contributed by atoms with Crippen LogP contribution in [-0.4, -0.2) is 4.57 Å². The fourth-order valence-corrected chi connectivity index (χ4v) is 3.90. The van der Waals surface area contributed by atoms with Gasteiger partial charge in [0.1, 0.15) is 18.1 Å². The molecule has 2 nitrogen and oxygen atoms in total. The molecule has 1 heterocycles. The Balaban J connectivity index is 2.06. The first kappa shape index (κ1) is 11.2. The Labute approximate surface area is 186 Å². The zero-order valence-electron chi connectivity index (χ0n) is 25.7. The van der Waals surface area contributed by atoms with E-state index in [-0.39, 0.29) is 22.4 Å². The van der Waals surface area contributed by atoms with Gasteiger partial charge in [-0.2, -0.15) is 4.57 Å². The first-order valence-corrected chi connectivity index (χ1v) is 9.44. The highest BCUT2D eigenvalue weighted by Crippen LogP contribution is 2.34. The summed E-state index contributed by atoms with van der Waals surface area (Å²) in [6.07, 6.45) is 3.40. The minimum absolute atomic E-state index is 0.0531. The van der Waals surface area contributed by atoms with Crippen molar-refractivity contribution in [1.82, 2.24) is 4.57 Å². The molecule has 29 heavy (non-hydrogen) atoms. The molecule has 0 spiro atoms. The van der Waals surface area contributed by atoms with E-state index in [4.69, 9.17) is 12.3 Å². The molecule has 0 N–H and O–H groups in total. The lowest BCUT2D eigenvalue weighted by Crippen LogP contribution is -2.29. The van der Waals surface area contributed by atoms with Crippen molar-refractivity contribution in [1.29, 1.82) is 0 Å². The molecular formula is C27H29N2+. The van der Waals surface area contributed by atoms with Gasteiger partial charge in [-0.1, -0.05) is 54.1 Å². The van der Waals surface area contributed by atoms with Gasteiger partial charge in [0.15, 0.2) is 0 Å². The van der Waals surface area contributed by atoms with Gasteiger partial charge in [0.2, 0.25) is 0 Å². The van der Waals surface area contributed by atoms with Gasteiger partial charge in [-0.15, -0.1) is 0 Å².